The van der Waals surface area contributed by atoms with E-state index in [1.807, 2.05) is 0 Å². The summed E-state index contributed by atoms with van der Waals surface area (Å²) >= 11 is 6.03. The van der Waals surface area contributed by atoms with Crippen LogP contribution in [0.5, 0.6) is 0 Å². The number of hydrogen-bond acceptors (Lipinski definition) is 3. The van der Waals surface area contributed by atoms with Crippen LogP contribution < -0.4 is 0 Å². The van der Waals surface area contributed by atoms with Crippen LogP contribution in [0.1, 0.15) is 49.3 Å². The first kappa shape index (κ1) is 19.6. The fourth-order valence-electron chi connectivity index (χ4n) is 4.38. The molecule has 0 radical (unpaired) electrons. The molecule has 1 atom stereocenters. The molecule has 150 valence electrons. The summed E-state index contributed by atoms with van der Waals surface area (Å²) in [6, 6.07) is 11.4. The predicted molar refractivity (Wildman–Crippen MR) is 109 cm³/mol. The molecule has 0 spiro atoms. The molecule has 1 aliphatic carbocycles. The Morgan fingerprint density at radius 2 is 1.76 bits per heavy atom. The van der Waals surface area contributed by atoms with Crippen LogP contribution in [0.15, 0.2) is 54.1 Å². The molecule has 1 heterocycles. The van der Waals surface area contributed by atoms with Crippen LogP contribution in [0, 0.1) is 5.82 Å². The van der Waals surface area contributed by atoms with Gasteiger partial charge in [0.25, 0.3) is 11.7 Å². The van der Waals surface area contributed by atoms with Gasteiger partial charge in [-0.05, 0) is 31.0 Å². The van der Waals surface area contributed by atoms with E-state index in [9.17, 15) is 19.1 Å². The maximum Gasteiger partial charge on any atom is 0.295 e. The van der Waals surface area contributed by atoms with Crippen LogP contribution in [-0.2, 0) is 9.59 Å². The minimum Gasteiger partial charge on any atom is -0.507 e. The predicted octanol–water partition coefficient (Wildman–Crippen LogP) is 5.23. The Hall–Kier alpha value is -2.66. The highest BCUT2D eigenvalue weighted by Crippen LogP contribution is 2.43. The molecular weight excluding hydrogens is 393 g/mol. The van der Waals surface area contributed by atoms with Crippen molar-refractivity contribution in [3.05, 3.63) is 76.1 Å². The molecule has 2 aromatic carbocycles. The van der Waals surface area contributed by atoms with Crippen molar-refractivity contribution >= 4 is 29.1 Å². The molecule has 1 saturated heterocycles. The second kappa shape index (κ2) is 7.99. The summed E-state index contributed by atoms with van der Waals surface area (Å²) in [6.07, 6.45) is 4.50. The van der Waals surface area contributed by atoms with Gasteiger partial charge in [0, 0.05) is 22.2 Å². The lowest BCUT2D eigenvalue weighted by molar-refractivity contribution is -0.141. The summed E-state index contributed by atoms with van der Waals surface area (Å²) in [5, 5.41) is 11.4. The zero-order valence-electron chi connectivity index (χ0n) is 15.8. The maximum atomic E-state index is 14.8. The van der Waals surface area contributed by atoms with Gasteiger partial charge in [-0.2, -0.15) is 0 Å². The summed E-state index contributed by atoms with van der Waals surface area (Å²) in [6.45, 7) is 0. The number of carbonyl (C=O) groups excluding carboxylic acids is 2. The lowest BCUT2D eigenvalue weighted by Gasteiger charge is -2.35. The number of halogens is 2. The van der Waals surface area contributed by atoms with E-state index in [1.54, 1.807) is 36.4 Å². The minimum absolute atomic E-state index is 0.0899. The van der Waals surface area contributed by atoms with E-state index in [2.05, 4.69) is 0 Å². The van der Waals surface area contributed by atoms with Gasteiger partial charge in [-0.3, -0.25) is 9.59 Å². The molecule has 2 aliphatic rings. The largest absolute Gasteiger partial charge is 0.507 e. The van der Waals surface area contributed by atoms with E-state index in [0.29, 0.717) is 10.6 Å². The fraction of sp³-hybridized carbons (Fsp3) is 0.304. The van der Waals surface area contributed by atoms with Crippen molar-refractivity contribution in [3.63, 3.8) is 0 Å². The van der Waals surface area contributed by atoms with Crippen LogP contribution in [0.2, 0.25) is 5.02 Å². The van der Waals surface area contributed by atoms with Crippen LogP contribution in [0.4, 0.5) is 4.39 Å². The van der Waals surface area contributed by atoms with Crippen molar-refractivity contribution in [1.82, 2.24) is 4.90 Å². The van der Waals surface area contributed by atoms with Gasteiger partial charge in [-0.15, -0.1) is 0 Å². The molecule has 29 heavy (non-hydrogen) atoms. The molecule has 1 aliphatic heterocycles. The van der Waals surface area contributed by atoms with Crippen LogP contribution in [0.3, 0.4) is 0 Å². The molecule has 6 heteroatoms. The third kappa shape index (κ3) is 3.55. The van der Waals surface area contributed by atoms with E-state index in [4.69, 9.17) is 11.6 Å². The van der Waals surface area contributed by atoms with Crippen molar-refractivity contribution in [2.75, 3.05) is 0 Å². The smallest absolute Gasteiger partial charge is 0.295 e. The first-order valence-corrected chi connectivity index (χ1v) is 10.2. The van der Waals surface area contributed by atoms with Gasteiger partial charge in [0.05, 0.1) is 11.6 Å². The number of benzene rings is 2. The lowest BCUT2D eigenvalue weighted by Crippen LogP contribution is -2.40. The highest BCUT2D eigenvalue weighted by atomic mass is 35.5. The number of nitrogens with zero attached hydrogens (tertiary/aromatic N) is 1. The van der Waals surface area contributed by atoms with Crippen molar-refractivity contribution in [2.45, 2.75) is 44.2 Å². The second-order valence-electron chi connectivity index (χ2n) is 7.53. The summed E-state index contributed by atoms with van der Waals surface area (Å²) in [7, 11) is 0. The number of Topliss-reactive ketones (excluding diaryl/α,β-unsaturated/α-hetero) is 1. The third-order valence-corrected chi connectivity index (χ3v) is 5.98. The molecule has 0 bridgehead atoms. The molecule has 1 unspecified atom stereocenters. The van der Waals surface area contributed by atoms with Gasteiger partial charge < -0.3 is 10.0 Å². The Kier molecular flexibility index (Phi) is 5.41. The Labute approximate surface area is 173 Å². The number of aliphatic hydroxyl groups is 1. The van der Waals surface area contributed by atoms with Crippen LogP contribution in [0.25, 0.3) is 5.76 Å². The standard InChI is InChI=1S/C23H21ClFNO3/c24-15-8-6-7-14(13-15)21(27)19-20(17-11-4-5-12-18(17)25)26(23(29)22(19)28)16-9-2-1-3-10-16/h4-8,11-13,16,20,27H,1-3,9-10H2/b21-19-. The number of likely N-dealkylation sites (tertiary alicyclic amines) is 1. The summed E-state index contributed by atoms with van der Waals surface area (Å²) in [5.41, 5.74) is 0.439. The quantitative estimate of drug-likeness (QED) is 0.425. The number of aliphatic hydroxyl groups excluding tert-OH is 1. The average Bonchev–Trinajstić information content (AvgIpc) is 2.99. The van der Waals surface area contributed by atoms with Gasteiger partial charge in [-0.1, -0.05) is 61.2 Å². The zero-order chi connectivity index (χ0) is 20.5. The molecular formula is C23H21ClFNO3. The van der Waals surface area contributed by atoms with Crippen LogP contribution >= 0.6 is 11.6 Å². The summed E-state index contributed by atoms with van der Waals surface area (Å²) < 4.78 is 14.8. The van der Waals surface area contributed by atoms with E-state index in [1.165, 1.54) is 17.0 Å². The highest BCUT2D eigenvalue weighted by Gasteiger charge is 2.49. The Morgan fingerprint density at radius 3 is 2.45 bits per heavy atom. The SMILES string of the molecule is O=C1C(=O)N(C2CCCCC2)C(c2ccccc2F)/C1=C(/O)c1cccc(Cl)c1. The van der Waals surface area contributed by atoms with Gasteiger partial charge in [0.2, 0.25) is 0 Å². The molecule has 1 amide bonds. The Bertz CT molecular complexity index is 997. The van der Waals surface area contributed by atoms with Crippen molar-refractivity contribution in [1.29, 1.82) is 0 Å². The van der Waals surface area contributed by atoms with Gasteiger partial charge in [0.15, 0.2) is 0 Å². The fourth-order valence-corrected chi connectivity index (χ4v) is 4.57. The summed E-state index contributed by atoms with van der Waals surface area (Å²) in [5.74, 6) is -2.33. The van der Waals surface area contributed by atoms with Gasteiger partial charge in [0.1, 0.15) is 11.6 Å². The number of hydrogen-bond donors (Lipinski definition) is 1. The van der Waals surface area contributed by atoms with Crippen molar-refractivity contribution in [3.8, 4) is 0 Å². The van der Waals surface area contributed by atoms with E-state index < -0.39 is 23.5 Å². The van der Waals surface area contributed by atoms with E-state index in [0.717, 1.165) is 32.1 Å². The number of rotatable bonds is 3. The number of ketones is 1. The third-order valence-electron chi connectivity index (χ3n) is 5.75. The molecule has 1 saturated carbocycles. The molecule has 2 aromatic rings. The normalized spacial score (nSPS) is 22.3. The molecule has 4 nitrogen and oxygen atoms in total. The average molecular weight is 414 g/mol. The monoisotopic (exact) mass is 413 g/mol. The molecule has 2 fully saturated rings. The topological polar surface area (TPSA) is 57.6 Å². The van der Waals surface area contributed by atoms with E-state index >= 15 is 0 Å². The molecule has 1 N–H and O–H groups in total. The second-order valence-corrected chi connectivity index (χ2v) is 7.97. The molecule has 4 rings (SSSR count). The van der Waals surface area contributed by atoms with Crippen LogP contribution in [-0.4, -0.2) is 27.7 Å². The van der Waals surface area contributed by atoms with Gasteiger partial charge in [-0.25, -0.2) is 4.39 Å². The minimum atomic E-state index is -0.960. The first-order chi connectivity index (χ1) is 14.0. The highest BCUT2D eigenvalue weighted by molar-refractivity contribution is 6.46. The van der Waals surface area contributed by atoms with Crippen molar-refractivity contribution < 1.29 is 19.1 Å². The zero-order valence-corrected chi connectivity index (χ0v) is 16.5. The first-order valence-electron chi connectivity index (χ1n) is 9.79. The van der Waals surface area contributed by atoms with Crippen molar-refractivity contribution in [2.24, 2.45) is 0 Å². The number of amides is 1. The summed E-state index contributed by atoms with van der Waals surface area (Å²) in [4.78, 5) is 27.5. The number of carbonyl (C=O) groups is 2. The lowest BCUT2D eigenvalue weighted by atomic mass is 9.90. The Morgan fingerprint density at radius 1 is 1.03 bits per heavy atom. The van der Waals surface area contributed by atoms with E-state index in [-0.39, 0.29) is 22.9 Å². The van der Waals surface area contributed by atoms with Gasteiger partial charge >= 0.3 is 0 Å². The Balaban J connectivity index is 1.90. The maximum absolute atomic E-state index is 14.8. The molecule has 0 aromatic heterocycles.